The summed E-state index contributed by atoms with van der Waals surface area (Å²) in [6.07, 6.45) is 3.68. The van der Waals surface area contributed by atoms with E-state index in [1.165, 1.54) is 0 Å². The summed E-state index contributed by atoms with van der Waals surface area (Å²) in [7, 11) is -4.64. The fourth-order valence-electron chi connectivity index (χ4n) is 2.70. The number of anilines is 2. The molecule has 0 bridgehead atoms. The van der Waals surface area contributed by atoms with Crippen molar-refractivity contribution in [3.63, 3.8) is 0 Å². The molecule has 2 aromatic carbocycles. The maximum absolute atomic E-state index is 8.88. The lowest BCUT2D eigenvalue weighted by atomic mass is 10.2. The summed E-state index contributed by atoms with van der Waals surface area (Å²) in [5, 5.41) is 7.11. The Hall–Kier alpha value is -3.46. The molecule has 14 nitrogen and oxygen atoms in total. The van der Waals surface area contributed by atoms with Crippen molar-refractivity contribution in [2.24, 2.45) is 42.9 Å². The van der Waals surface area contributed by atoms with Gasteiger partial charge in [-0.05, 0) is 61.4 Å². The van der Waals surface area contributed by atoms with E-state index in [0.29, 0.717) is 23.1 Å². The standard InChI is InChI=1S/C22H30Cl2N10.FH.H3O4P/c23-15-5-9-17(10-6-15)31-21(27)33-19(25)29-13-3-1-2-4-14-30-20(26)34-22(28)32-18-11-7-16(24)8-12-18;;1-5(2,3)4/h5-12H,1-4,13-14H2,(H5,25,27,29,31,33)(H5,26,28,30,32,34);1H;(H3,1,2,3,4)/p-1. The van der Waals surface area contributed by atoms with Gasteiger partial charge in [-0.15, -0.1) is 0 Å². The number of nitrogens with two attached hydrogens (primary N) is 4. The van der Waals surface area contributed by atoms with Crippen molar-refractivity contribution in [2.45, 2.75) is 25.7 Å². The highest BCUT2D eigenvalue weighted by Crippen LogP contribution is 2.25. The third-order valence-corrected chi connectivity index (χ3v) is 4.82. The van der Waals surface area contributed by atoms with Crippen molar-refractivity contribution in [1.29, 1.82) is 0 Å². The van der Waals surface area contributed by atoms with Gasteiger partial charge in [0.2, 0.25) is 23.8 Å². The normalized spacial score (nSPS) is 12.6. The molecule has 0 aliphatic carbocycles. The molecule has 13 N–H and O–H groups in total. The Balaban J connectivity index is 0.00000232. The third kappa shape index (κ3) is 20.5. The Morgan fingerprint density at radius 2 is 0.975 bits per heavy atom. The number of hydrogen-bond acceptors (Lipinski definition) is 3. The highest BCUT2D eigenvalue weighted by Gasteiger charge is 2.00. The maximum Gasteiger partial charge on any atom is 0.466 e. The zero-order valence-corrected chi connectivity index (χ0v) is 23.7. The average molecular weight is 622 g/mol. The second kappa shape index (κ2) is 19.6. The topological polar surface area (TPSA) is 255 Å². The van der Waals surface area contributed by atoms with E-state index in [2.05, 4.69) is 30.6 Å². The number of nitrogens with zero attached hydrogens (tertiary/aromatic N) is 4. The number of benzene rings is 2. The number of phosphoric acid groups is 1. The van der Waals surface area contributed by atoms with Crippen LogP contribution in [0.3, 0.4) is 0 Å². The number of unbranched alkanes of at least 4 members (excludes halogenated alkanes) is 3. The minimum atomic E-state index is -4.64. The molecule has 0 atom stereocenters. The van der Waals surface area contributed by atoms with Crippen LogP contribution in [-0.2, 0) is 4.57 Å². The minimum Gasteiger partial charge on any atom is -1.00 e. The summed E-state index contributed by atoms with van der Waals surface area (Å²) in [5.74, 6) is 0.564. The predicted octanol–water partition coefficient (Wildman–Crippen LogP) is -0.588. The van der Waals surface area contributed by atoms with Gasteiger partial charge in [-0.1, -0.05) is 36.0 Å². The van der Waals surface area contributed by atoms with Gasteiger partial charge >= 0.3 is 7.82 Å². The summed E-state index contributed by atoms with van der Waals surface area (Å²) in [6.45, 7) is 1.12. The third-order valence-electron chi connectivity index (χ3n) is 4.32. The highest BCUT2D eigenvalue weighted by molar-refractivity contribution is 7.45. The van der Waals surface area contributed by atoms with E-state index in [0.717, 1.165) is 37.1 Å². The Labute approximate surface area is 240 Å². The lowest BCUT2D eigenvalue weighted by molar-refractivity contribution is -0.0000177. The molecule has 40 heavy (non-hydrogen) atoms. The van der Waals surface area contributed by atoms with Crippen molar-refractivity contribution < 1.29 is 23.9 Å². The van der Waals surface area contributed by atoms with Crippen LogP contribution in [0.2, 0.25) is 10.0 Å². The van der Waals surface area contributed by atoms with Crippen LogP contribution in [0.15, 0.2) is 68.5 Å². The van der Waals surface area contributed by atoms with E-state index in [1.54, 1.807) is 48.5 Å². The van der Waals surface area contributed by atoms with E-state index in [1.807, 2.05) is 0 Å². The molecule has 0 saturated heterocycles. The molecular weight excluding hydrogens is 589 g/mol. The van der Waals surface area contributed by atoms with Gasteiger partial charge in [0.1, 0.15) is 0 Å². The fraction of sp³-hybridized carbons (Fsp3) is 0.273. The van der Waals surface area contributed by atoms with Crippen LogP contribution in [0.1, 0.15) is 25.7 Å². The first-order chi connectivity index (χ1) is 18.3. The largest absolute Gasteiger partial charge is 1.00 e. The Morgan fingerprint density at radius 3 is 1.27 bits per heavy atom. The van der Waals surface area contributed by atoms with Crippen molar-refractivity contribution in [3.8, 4) is 0 Å². The molecule has 2 rings (SSSR count). The molecule has 0 radical (unpaired) electrons. The molecule has 222 valence electrons. The van der Waals surface area contributed by atoms with Gasteiger partial charge in [0.05, 0.1) is 0 Å². The van der Waals surface area contributed by atoms with Crippen LogP contribution in [-0.4, -0.2) is 51.6 Å². The fourth-order valence-corrected chi connectivity index (χ4v) is 2.95. The van der Waals surface area contributed by atoms with E-state index in [9.17, 15) is 0 Å². The van der Waals surface area contributed by atoms with Crippen molar-refractivity contribution in [2.75, 3.05) is 23.7 Å². The van der Waals surface area contributed by atoms with Crippen LogP contribution in [0.25, 0.3) is 0 Å². The molecule has 2 aromatic rings. The van der Waals surface area contributed by atoms with Crippen LogP contribution in [0.4, 0.5) is 11.4 Å². The summed E-state index contributed by atoms with van der Waals surface area (Å²) in [6, 6.07) is 14.1. The smallest absolute Gasteiger partial charge is 0.466 e. The molecule has 0 amide bonds. The second-order valence-corrected chi connectivity index (χ2v) is 9.56. The number of nitrogens with one attached hydrogen (secondary N) is 2. The van der Waals surface area contributed by atoms with Gasteiger partial charge in [-0.25, -0.2) is 4.57 Å². The first-order valence-electron chi connectivity index (χ1n) is 11.4. The van der Waals surface area contributed by atoms with Crippen LogP contribution >= 0.6 is 31.0 Å². The molecule has 0 aliphatic rings. The molecule has 0 unspecified atom stereocenters. The molecule has 0 fully saturated rings. The van der Waals surface area contributed by atoms with E-state index < -0.39 is 7.82 Å². The van der Waals surface area contributed by atoms with Crippen LogP contribution in [0, 0.1) is 0 Å². The lowest BCUT2D eigenvalue weighted by Gasteiger charge is -2.05. The average Bonchev–Trinajstić information content (AvgIpc) is 2.82. The molecule has 18 heteroatoms. The summed E-state index contributed by atoms with van der Waals surface area (Å²) >= 11 is 11.7. The predicted molar refractivity (Wildman–Crippen MR) is 159 cm³/mol. The minimum absolute atomic E-state index is 0. The monoisotopic (exact) mass is 621 g/mol. The van der Waals surface area contributed by atoms with Gasteiger partial charge in [-0.3, -0.25) is 9.98 Å². The zero-order chi connectivity index (χ0) is 29.3. The van der Waals surface area contributed by atoms with E-state index in [4.69, 9.17) is 65.4 Å². The van der Waals surface area contributed by atoms with Crippen LogP contribution < -0.4 is 38.3 Å². The Morgan fingerprint density at radius 1 is 0.675 bits per heavy atom. The summed E-state index contributed by atoms with van der Waals surface area (Å²) < 4.78 is 8.88. The molecule has 0 saturated carbocycles. The molecule has 0 spiro atoms. The van der Waals surface area contributed by atoms with E-state index in [-0.39, 0.29) is 28.5 Å². The number of halogens is 3. The molecule has 0 aromatic heterocycles. The van der Waals surface area contributed by atoms with Crippen LogP contribution in [0.5, 0.6) is 0 Å². The van der Waals surface area contributed by atoms with Gasteiger partial charge in [0, 0.05) is 34.5 Å². The summed E-state index contributed by atoms with van der Waals surface area (Å²) in [4.78, 5) is 38.0. The maximum atomic E-state index is 8.88. The van der Waals surface area contributed by atoms with Gasteiger partial charge in [0.15, 0.2) is 0 Å². The summed E-state index contributed by atoms with van der Waals surface area (Å²) in [5.41, 5.74) is 24.8. The van der Waals surface area contributed by atoms with E-state index >= 15 is 0 Å². The molecule has 0 aliphatic heterocycles. The van der Waals surface area contributed by atoms with Crippen molar-refractivity contribution in [1.82, 2.24) is 0 Å². The highest BCUT2D eigenvalue weighted by atomic mass is 35.5. The first-order valence-corrected chi connectivity index (χ1v) is 13.8. The number of hydrogen-bond donors (Lipinski definition) is 9. The second-order valence-electron chi connectivity index (χ2n) is 7.67. The van der Waals surface area contributed by atoms with Gasteiger partial charge in [-0.2, -0.15) is 9.98 Å². The Kier molecular flexibility index (Phi) is 17.9. The van der Waals surface area contributed by atoms with Crippen molar-refractivity contribution in [3.05, 3.63) is 58.6 Å². The van der Waals surface area contributed by atoms with Gasteiger partial charge < -0.3 is 53.0 Å². The number of aliphatic imine (C=N–C) groups is 4. The number of rotatable bonds is 9. The van der Waals surface area contributed by atoms with Crippen molar-refractivity contribution >= 4 is 66.2 Å². The first kappa shape index (κ1) is 36.5. The van der Waals surface area contributed by atoms with Gasteiger partial charge in [0.25, 0.3) is 0 Å². The zero-order valence-electron chi connectivity index (χ0n) is 21.3. The Bertz CT molecular complexity index is 1100. The number of guanidine groups is 4. The SMILES string of the molecule is NC(=NCCCCCCN=C(N)/N=C(\N)Nc1ccc(Cl)cc1)/N=C(\N)Nc1ccc(Cl)cc1.O=P(O)(O)O.[F-]. The molecular formula is C22H33Cl2FN10O4P-. The quantitative estimate of drug-likeness (QED) is 0.0744. The molecule has 0 heterocycles. The lowest BCUT2D eigenvalue weighted by Crippen LogP contribution is -3.00.